The van der Waals surface area contributed by atoms with Gasteiger partial charge in [0.05, 0.1) is 34.9 Å². The van der Waals surface area contributed by atoms with Crippen LogP contribution in [0.2, 0.25) is 0 Å². The second-order valence-corrected chi connectivity index (χ2v) is 13.4. The first-order valence-corrected chi connectivity index (χ1v) is 17.2. The van der Waals surface area contributed by atoms with Gasteiger partial charge in [0.25, 0.3) is 0 Å². The molecule has 1 aliphatic carbocycles. The molecule has 9 aromatic rings. The SMILES string of the molecule is N#Cc1ccc(-c2cc3c4cc5c(cc4c(-c4ccc(C#N)cc4)cc3c3ccc(-c4cccc(C#N)c4)cc23)-c2cccc3cccc-5c23)cc1. The summed E-state index contributed by atoms with van der Waals surface area (Å²) >= 11 is 0. The molecule has 9 aromatic carbocycles. The fourth-order valence-corrected chi connectivity index (χ4v) is 8.20. The van der Waals surface area contributed by atoms with Gasteiger partial charge in [0.1, 0.15) is 0 Å². The van der Waals surface area contributed by atoms with Gasteiger partial charge < -0.3 is 0 Å². The normalized spacial score (nSPS) is 11.4. The smallest absolute Gasteiger partial charge is 0.0991 e. The highest BCUT2D eigenvalue weighted by Crippen LogP contribution is 2.51. The quantitative estimate of drug-likeness (QED) is 0.178. The van der Waals surface area contributed by atoms with Crippen molar-refractivity contribution in [3.63, 3.8) is 0 Å². The predicted molar refractivity (Wildman–Crippen MR) is 211 cm³/mol. The van der Waals surface area contributed by atoms with Crippen molar-refractivity contribution in [1.29, 1.82) is 15.8 Å². The van der Waals surface area contributed by atoms with Crippen LogP contribution < -0.4 is 0 Å². The topological polar surface area (TPSA) is 71.4 Å². The summed E-state index contributed by atoms with van der Waals surface area (Å²) in [7, 11) is 0. The maximum atomic E-state index is 9.63. The first-order chi connectivity index (χ1) is 25.6. The van der Waals surface area contributed by atoms with Gasteiger partial charge in [-0.15, -0.1) is 0 Å². The van der Waals surface area contributed by atoms with E-state index in [-0.39, 0.29) is 0 Å². The summed E-state index contributed by atoms with van der Waals surface area (Å²) in [5.74, 6) is 0. The van der Waals surface area contributed by atoms with E-state index < -0.39 is 0 Å². The molecule has 0 fully saturated rings. The molecule has 0 heterocycles. The highest BCUT2D eigenvalue weighted by Gasteiger charge is 2.24. The molecule has 236 valence electrons. The number of hydrogen-bond donors (Lipinski definition) is 0. The van der Waals surface area contributed by atoms with Crippen molar-refractivity contribution in [2.24, 2.45) is 0 Å². The maximum absolute atomic E-state index is 9.63. The van der Waals surface area contributed by atoms with Crippen LogP contribution in [0.4, 0.5) is 0 Å². The summed E-state index contributed by atoms with van der Waals surface area (Å²) in [5, 5.41) is 38.1. The second-order valence-electron chi connectivity index (χ2n) is 13.4. The van der Waals surface area contributed by atoms with E-state index in [1.165, 1.54) is 33.0 Å². The molecular formula is C49H25N3. The summed E-state index contributed by atoms with van der Waals surface area (Å²) in [5.41, 5.74) is 13.1. The molecule has 0 bridgehead atoms. The monoisotopic (exact) mass is 655 g/mol. The molecule has 52 heavy (non-hydrogen) atoms. The minimum atomic E-state index is 0.615. The Kier molecular flexibility index (Phi) is 6.37. The van der Waals surface area contributed by atoms with Crippen LogP contribution in [0.3, 0.4) is 0 Å². The van der Waals surface area contributed by atoms with Gasteiger partial charge in [0, 0.05) is 0 Å². The van der Waals surface area contributed by atoms with Crippen LogP contribution >= 0.6 is 0 Å². The highest BCUT2D eigenvalue weighted by molar-refractivity contribution is 6.27. The van der Waals surface area contributed by atoms with Crippen molar-refractivity contribution in [2.75, 3.05) is 0 Å². The van der Waals surface area contributed by atoms with E-state index in [2.05, 4.69) is 109 Å². The van der Waals surface area contributed by atoms with Crippen LogP contribution in [0.5, 0.6) is 0 Å². The zero-order valence-electron chi connectivity index (χ0n) is 27.8. The minimum Gasteiger partial charge on any atom is -0.192 e. The number of nitriles is 3. The molecule has 10 rings (SSSR count). The standard InChI is InChI=1S/C49H25N3/c50-26-29-10-14-32(15-11-29)40-23-47-43(37-19-18-36(21-42(37)40)35-7-1-4-31(20-35)28-52)22-41(33-16-12-30(27-51)13-17-33)46-24-44-38-8-2-5-34-6-3-9-39(49(34)38)45(44)25-48(46)47/h1-25H. The minimum absolute atomic E-state index is 0.615. The van der Waals surface area contributed by atoms with Crippen LogP contribution in [0, 0.1) is 34.0 Å². The van der Waals surface area contributed by atoms with Crippen LogP contribution in [0.15, 0.2) is 152 Å². The molecule has 0 radical (unpaired) electrons. The molecule has 0 spiro atoms. The highest BCUT2D eigenvalue weighted by atomic mass is 14.3. The van der Waals surface area contributed by atoms with Crippen molar-refractivity contribution in [1.82, 2.24) is 0 Å². The first-order valence-electron chi connectivity index (χ1n) is 17.2. The third kappa shape index (κ3) is 4.36. The van der Waals surface area contributed by atoms with E-state index in [0.29, 0.717) is 16.7 Å². The molecule has 0 saturated heterocycles. The number of fused-ring (bicyclic) bond motifs is 8. The van der Waals surface area contributed by atoms with Crippen molar-refractivity contribution in [2.45, 2.75) is 0 Å². The molecule has 3 nitrogen and oxygen atoms in total. The summed E-state index contributed by atoms with van der Waals surface area (Å²) in [6.45, 7) is 0. The average molecular weight is 656 g/mol. The van der Waals surface area contributed by atoms with Crippen molar-refractivity contribution in [3.05, 3.63) is 168 Å². The Hall–Kier alpha value is -7.51. The Morgan fingerprint density at radius 2 is 0.750 bits per heavy atom. The summed E-state index contributed by atoms with van der Waals surface area (Å²) in [6.07, 6.45) is 0. The van der Waals surface area contributed by atoms with E-state index >= 15 is 0 Å². The summed E-state index contributed by atoms with van der Waals surface area (Å²) in [4.78, 5) is 0. The Morgan fingerprint density at radius 1 is 0.288 bits per heavy atom. The number of rotatable bonds is 3. The number of nitrogens with zero attached hydrogens (tertiary/aromatic N) is 3. The summed E-state index contributed by atoms with van der Waals surface area (Å²) in [6, 6.07) is 59.3. The zero-order valence-corrected chi connectivity index (χ0v) is 27.8. The molecule has 1 aliphatic rings. The van der Waals surface area contributed by atoms with E-state index in [1.807, 2.05) is 60.7 Å². The molecule has 0 atom stereocenters. The lowest BCUT2D eigenvalue weighted by Crippen LogP contribution is -1.91. The van der Waals surface area contributed by atoms with Gasteiger partial charge in [0.15, 0.2) is 0 Å². The van der Waals surface area contributed by atoms with Crippen molar-refractivity contribution < 1.29 is 0 Å². The molecule has 0 aromatic heterocycles. The van der Waals surface area contributed by atoms with Gasteiger partial charge in [-0.2, -0.15) is 15.8 Å². The van der Waals surface area contributed by atoms with Gasteiger partial charge >= 0.3 is 0 Å². The van der Waals surface area contributed by atoms with Gasteiger partial charge in [0.2, 0.25) is 0 Å². The number of benzene rings is 9. The van der Waals surface area contributed by atoms with Crippen LogP contribution in [-0.4, -0.2) is 0 Å². The van der Waals surface area contributed by atoms with E-state index in [0.717, 1.165) is 65.7 Å². The fourth-order valence-electron chi connectivity index (χ4n) is 8.20. The van der Waals surface area contributed by atoms with E-state index in [1.54, 1.807) is 0 Å². The largest absolute Gasteiger partial charge is 0.192 e. The fraction of sp³-hybridized carbons (Fsp3) is 0. The Morgan fingerprint density at radius 3 is 1.35 bits per heavy atom. The molecule has 0 N–H and O–H groups in total. The lowest BCUT2D eigenvalue weighted by molar-refractivity contribution is 1.48. The molecule has 0 amide bonds. The third-order valence-electron chi connectivity index (χ3n) is 10.7. The lowest BCUT2D eigenvalue weighted by atomic mass is 9.85. The lowest BCUT2D eigenvalue weighted by Gasteiger charge is -2.18. The van der Waals surface area contributed by atoms with E-state index in [9.17, 15) is 15.8 Å². The Labute approximate surface area is 300 Å². The Balaban J connectivity index is 1.35. The molecular weight excluding hydrogens is 631 g/mol. The average Bonchev–Trinajstić information content (AvgIpc) is 3.53. The summed E-state index contributed by atoms with van der Waals surface area (Å²) < 4.78 is 0. The third-order valence-corrected chi connectivity index (χ3v) is 10.7. The zero-order chi connectivity index (χ0) is 34.9. The Bertz CT molecular complexity index is 3130. The van der Waals surface area contributed by atoms with Crippen LogP contribution in [0.1, 0.15) is 16.7 Å². The molecule has 0 aliphatic heterocycles. The predicted octanol–water partition coefficient (Wildman–Crippen LogP) is 12.6. The maximum Gasteiger partial charge on any atom is 0.0991 e. The van der Waals surface area contributed by atoms with Crippen molar-refractivity contribution >= 4 is 43.1 Å². The first kappa shape index (κ1) is 29.4. The van der Waals surface area contributed by atoms with E-state index in [4.69, 9.17) is 0 Å². The van der Waals surface area contributed by atoms with Crippen LogP contribution in [0.25, 0.3) is 98.7 Å². The van der Waals surface area contributed by atoms with Gasteiger partial charge in [-0.25, -0.2) is 0 Å². The van der Waals surface area contributed by atoms with Gasteiger partial charge in [-0.3, -0.25) is 0 Å². The molecule has 0 saturated carbocycles. The second kappa shape index (κ2) is 11.3. The van der Waals surface area contributed by atoms with Gasteiger partial charge in [-0.05, 0) is 165 Å². The molecule has 3 heteroatoms. The van der Waals surface area contributed by atoms with Gasteiger partial charge in [-0.1, -0.05) is 84.9 Å². The van der Waals surface area contributed by atoms with Crippen LogP contribution in [-0.2, 0) is 0 Å². The van der Waals surface area contributed by atoms with Crippen molar-refractivity contribution in [3.8, 4) is 73.8 Å². The molecule has 0 unspecified atom stereocenters. The number of hydrogen-bond acceptors (Lipinski definition) is 3.